The van der Waals surface area contributed by atoms with Crippen molar-refractivity contribution in [1.29, 1.82) is 0 Å². The number of nitrogens with one attached hydrogen (secondary N) is 1. The lowest BCUT2D eigenvalue weighted by molar-refractivity contribution is -0.180. The first-order valence-electron chi connectivity index (χ1n) is 11.7. The van der Waals surface area contributed by atoms with E-state index < -0.39 is 28.4 Å². The zero-order valence-corrected chi connectivity index (χ0v) is 20.3. The van der Waals surface area contributed by atoms with Crippen molar-refractivity contribution in [3.8, 4) is 0 Å². The standard InChI is InChI=1S/C22H36N6O5/c1-6-26(7-2)8-9-28-10-16(24-25-28)21(31)13-27(14-21)17(29)22-11-20(12-22,15-32-22)23-18(30)33-19(3,4)5/h10,31H,6-9,11-15H2,1-5H3,(H,23,30). The van der Waals surface area contributed by atoms with Gasteiger partial charge in [-0.2, -0.15) is 0 Å². The van der Waals surface area contributed by atoms with Crippen LogP contribution in [0.4, 0.5) is 4.79 Å². The second kappa shape index (κ2) is 8.21. The normalized spacial score (nSPS) is 27.8. The highest BCUT2D eigenvalue weighted by Gasteiger charge is 2.69. The van der Waals surface area contributed by atoms with E-state index in [0.29, 0.717) is 25.1 Å². The molecule has 0 atom stereocenters. The maximum Gasteiger partial charge on any atom is 0.408 e. The Morgan fingerprint density at radius 3 is 2.55 bits per heavy atom. The van der Waals surface area contributed by atoms with Crippen molar-refractivity contribution in [2.45, 2.75) is 76.3 Å². The van der Waals surface area contributed by atoms with Gasteiger partial charge in [-0.05, 0) is 33.9 Å². The van der Waals surface area contributed by atoms with E-state index >= 15 is 0 Å². The van der Waals surface area contributed by atoms with E-state index in [1.54, 1.807) is 36.5 Å². The number of rotatable bonds is 8. The summed E-state index contributed by atoms with van der Waals surface area (Å²) < 4.78 is 12.9. The fourth-order valence-corrected chi connectivity index (χ4v) is 4.96. The molecular formula is C22H36N6O5. The van der Waals surface area contributed by atoms with E-state index in [0.717, 1.165) is 19.6 Å². The van der Waals surface area contributed by atoms with Crippen LogP contribution in [0.3, 0.4) is 0 Å². The number of alkyl carbamates (subject to hydrolysis) is 1. The maximum absolute atomic E-state index is 13.1. The number of amides is 2. The molecule has 3 aliphatic heterocycles. The zero-order chi connectivity index (χ0) is 24.1. The van der Waals surface area contributed by atoms with Gasteiger partial charge in [0.25, 0.3) is 5.91 Å². The predicted octanol–water partition coefficient (Wildman–Crippen LogP) is 0.476. The third kappa shape index (κ3) is 4.58. The molecule has 1 saturated carbocycles. The van der Waals surface area contributed by atoms with Crippen LogP contribution in [0.15, 0.2) is 6.20 Å². The molecule has 4 aliphatic rings. The molecular weight excluding hydrogens is 428 g/mol. The first-order valence-corrected chi connectivity index (χ1v) is 11.7. The van der Waals surface area contributed by atoms with Gasteiger partial charge in [-0.25, -0.2) is 4.79 Å². The van der Waals surface area contributed by atoms with E-state index in [1.165, 1.54) is 0 Å². The van der Waals surface area contributed by atoms with Gasteiger partial charge in [0.15, 0.2) is 5.60 Å². The summed E-state index contributed by atoms with van der Waals surface area (Å²) in [6.45, 7) is 13.7. The van der Waals surface area contributed by atoms with Crippen LogP contribution in [0.1, 0.15) is 53.2 Å². The molecule has 0 unspecified atom stereocenters. The van der Waals surface area contributed by atoms with Gasteiger partial charge in [0.05, 0.1) is 38.0 Å². The minimum Gasteiger partial charge on any atom is -0.444 e. The van der Waals surface area contributed by atoms with E-state index in [4.69, 9.17) is 9.47 Å². The highest BCUT2D eigenvalue weighted by Crippen LogP contribution is 2.53. The number of β-amino-alcohol motifs (C(OH)–C–C–N with tert-alkyl or cyclic N) is 1. The molecule has 1 aromatic rings. The van der Waals surface area contributed by atoms with E-state index in [1.807, 2.05) is 0 Å². The fourth-order valence-electron chi connectivity index (χ4n) is 4.96. The van der Waals surface area contributed by atoms with Gasteiger partial charge < -0.3 is 29.7 Å². The number of likely N-dealkylation sites (N-methyl/N-ethyl adjacent to an activating group) is 1. The average molecular weight is 465 g/mol. The number of hydrogen-bond acceptors (Lipinski definition) is 8. The van der Waals surface area contributed by atoms with E-state index in [-0.39, 0.29) is 25.6 Å². The monoisotopic (exact) mass is 464 g/mol. The van der Waals surface area contributed by atoms with Crippen LogP contribution in [0.5, 0.6) is 0 Å². The average Bonchev–Trinajstić information content (AvgIpc) is 3.38. The molecule has 2 bridgehead atoms. The highest BCUT2D eigenvalue weighted by atomic mass is 16.6. The largest absolute Gasteiger partial charge is 0.444 e. The summed E-state index contributed by atoms with van der Waals surface area (Å²) in [5.74, 6) is -0.153. The molecule has 5 rings (SSSR count). The summed E-state index contributed by atoms with van der Waals surface area (Å²) in [5, 5.41) is 22.1. The van der Waals surface area contributed by atoms with Gasteiger partial charge in [-0.1, -0.05) is 19.1 Å². The van der Waals surface area contributed by atoms with Crippen LogP contribution >= 0.6 is 0 Å². The van der Waals surface area contributed by atoms with E-state index in [9.17, 15) is 14.7 Å². The van der Waals surface area contributed by atoms with Crippen molar-refractivity contribution in [3.63, 3.8) is 0 Å². The lowest BCUT2D eigenvalue weighted by Crippen LogP contribution is -2.70. The molecule has 33 heavy (non-hydrogen) atoms. The minimum atomic E-state index is -1.20. The van der Waals surface area contributed by atoms with Gasteiger partial charge >= 0.3 is 6.09 Å². The Morgan fingerprint density at radius 1 is 1.27 bits per heavy atom. The molecule has 1 aliphatic carbocycles. The van der Waals surface area contributed by atoms with Crippen LogP contribution in [-0.2, 0) is 26.4 Å². The summed E-state index contributed by atoms with van der Waals surface area (Å²) in [5.41, 5.74) is -2.81. The summed E-state index contributed by atoms with van der Waals surface area (Å²) >= 11 is 0. The van der Waals surface area contributed by atoms with Gasteiger partial charge in [-0.3, -0.25) is 9.48 Å². The SMILES string of the molecule is CCN(CC)CCn1cc(C2(O)CN(C(=O)C34CC(NC(=O)OC(C)(C)C)(CO3)C4)C2)nn1. The summed E-state index contributed by atoms with van der Waals surface area (Å²) in [6.07, 6.45) is 2.08. The molecule has 0 radical (unpaired) electrons. The number of likely N-dealkylation sites (tertiary alicyclic amines) is 1. The number of aliphatic hydroxyl groups is 1. The minimum absolute atomic E-state index is 0.151. The predicted molar refractivity (Wildman–Crippen MR) is 118 cm³/mol. The summed E-state index contributed by atoms with van der Waals surface area (Å²) in [4.78, 5) is 29.1. The zero-order valence-electron chi connectivity index (χ0n) is 20.3. The molecule has 3 saturated heterocycles. The molecule has 0 spiro atoms. The van der Waals surface area contributed by atoms with Crippen LogP contribution in [-0.4, -0.2) is 98.0 Å². The third-order valence-electron chi connectivity index (χ3n) is 6.78. The number of nitrogens with zero attached hydrogens (tertiary/aromatic N) is 5. The molecule has 11 heteroatoms. The van der Waals surface area contributed by atoms with Crippen molar-refractivity contribution >= 4 is 12.0 Å². The smallest absolute Gasteiger partial charge is 0.408 e. The van der Waals surface area contributed by atoms with Crippen LogP contribution < -0.4 is 5.32 Å². The number of carbonyl (C=O) groups is 2. The number of hydrogen-bond donors (Lipinski definition) is 2. The molecule has 2 amide bonds. The molecule has 184 valence electrons. The number of ether oxygens (including phenoxy) is 2. The molecule has 2 N–H and O–H groups in total. The highest BCUT2D eigenvalue weighted by molar-refractivity contribution is 5.89. The van der Waals surface area contributed by atoms with Crippen molar-refractivity contribution in [2.24, 2.45) is 0 Å². The van der Waals surface area contributed by atoms with Crippen molar-refractivity contribution < 1.29 is 24.2 Å². The Hall–Kier alpha value is -2.24. The first kappa shape index (κ1) is 23.9. The number of aromatic nitrogens is 3. The maximum atomic E-state index is 13.1. The van der Waals surface area contributed by atoms with Crippen molar-refractivity contribution in [1.82, 2.24) is 30.1 Å². The lowest BCUT2D eigenvalue weighted by Gasteiger charge is -2.51. The third-order valence-corrected chi connectivity index (χ3v) is 6.78. The molecule has 4 heterocycles. The second-order valence-electron chi connectivity index (χ2n) is 10.6. The Labute approximate surface area is 194 Å². The molecule has 4 fully saturated rings. The number of carbonyl (C=O) groups excluding carboxylic acids is 2. The fraction of sp³-hybridized carbons (Fsp3) is 0.818. The van der Waals surface area contributed by atoms with Gasteiger partial charge in [-0.15, -0.1) is 5.10 Å². The Kier molecular flexibility index (Phi) is 5.95. The van der Waals surface area contributed by atoms with Crippen molar-refractivity contribution in [3.05, 3.63) is 11.9 Å². The Bertz CT molecular complexity index is 893. The molecule has 0 aromatic carbocycles. The quantitative estimate of drug-likeness (QED) is 0.570. The number of fused-ring (bicyclic) bond motifs is 1. The van der Waals surface area contributed by atoms with Gasteiger partial charge in [0, 0.05) is 19.4 Å². The van der Waals surface area contributed by atoms with Crippen LogP contribution in [0.25, 0.3) is 0 Å². The topological polar surface area (TPSA) is 122 Å². The van der Waals surface area contributed by atoms with E-state index in [2.05, 4.69) is 34.4 Å². The first-order chi connectivity index (χ1) is 15.4. The lowest BCUT2D eigenvalue weighted by atomic mass is 9.67. The Morgan fingerprint density at radius 2 is 1.94 bits per heavy atom. The van der Waals surface area contributed by atoms with Crippen LogP contribution in [0, 0.1) is 0 Å². The molecule has 11 nitrogen and oxygen atoms in total. The van der Waals surface area contributed by atoms with Gasteiger partial charge in [0.1, 0.15) is 16.9 Å². The Balaban J connectivity index is 1.28. The summed E-state index contributed by atoms with van der Waals surface area (Å²) in [6, 6.07) is 0. The summed E-state index contributed by atoms with van der Waals surface area (Å²) in [7, 11) is 0. The molecule has 1 aromatic heterocycles. The van der Waals surface area contributed by atoms with Gasteiger partial charge in [0.2, 0.25) is 0 Å². The van der Waals surface area contributed by atoms with Crippen molar-refractivity contribution in [2.75, 3.05) is 39.3 Å². The van der Waals surface area contributed by atoms with Crippen LogP contribution in [0.2, 0.25) is 0 Å². The second-order valence-corrected chi connectivity index (χ2v) is 10.6.